The lowest BCUT2D eigenvalue weighted by Crippen LogP contribution is -2.43. The summed E-state index contributed by atoms with van der Waals surface area (Å²) >= 11 is 0. The molecule has 126 valence electrons. The summed E-state index contributed by atoms with van der Waals surface area (Å²) in [7, 11) is 0. The van der Waals surface area contributed by atoms with Crippen LogP contribution in [0.25, 0.3) is 0 Å². The molecule has 22 heavy (non-hydrogen) atoms. The number of morpholine rings is 1. The molecule has 7 heteroatoms. The van der Waals surface area contributed by atoms with Gasteiger partial charge in [0.2, 0.25) is 11.8 Å². The molecule has 2 aliphatic rings. The molecule has 2 amide bonds. The van der Waals surface area contributed by atoms with E-state index in [1.54, 1.807) is 0 Å². The molecule has 0 aromatic rings. The number of ether oxygens (including phenoxy) is 1. The number of nitrogens with zero attached hydrogens (tertiary/aromatic N) is 2. The lowest BCUT2D eigenvalue weighted by Gasteiger charge is -2.30. The molecule has 2 rings (SSSR count). The van der Waals surface area contributed by atoms with E-state index < -0.39 is 0 Å². The van der Waals surface area contributed by atoms with Crippen molar-refractivity contribution in [2.24, 2.45) is 5.73 Å². The van der Waals surface area contributed by atoms with E-state index in [0.717, 1.165) is 58.8 Å². The summed E-state index contributed by atoms with van der Waals surface area (Å²) in [5, 5.41) is 2.88. The Morgan fingerprint density at radius 2 is 1.77 bits per heavy atom. The van der Waals surface area contributed by atoms with Crippen LogP contribution in [-0.2, 0) is 14.3 Å². The molecule has 0 aliphatic carbocycles. The molecular weight excluding hydrogens is 284 g/mol. The predicted molar refractivity (Wildman–Crippen MR) is 83.3 cm³/mol. The van der Waals surface area contributed by atoms with Crippen LogP contribution in [0.2, 0.25) is 0 Å². The fourth-order valence-electron chi connectivity index (χ4n) is 2.79. The first-order valence-corrected chi connectivity index (χ1v) is 8.25. The SMILES string of the molecule is NC1CCN(C(=O)CCC(=O)NCCN2CCOCC2)CC1. The lowest BCUT2D eigenvalue weighted by atomic mass is 10.1. The first-order valence-electron chi connectivity index (χ1n) is 8.25. The van der Waals surface area contributed by atoms with Gasteiger partial charge in [-0.05, 0) is 12.8 Å². The van der Waals surface area contributed by atoms with Crippen LogP contribution >= 0.6 is 0 Å². The molecule has 0 bridgehead atoms. The van der Waals surface area contributed by atoms with E-state index in [0.29, 0.717) is 13.0 Å². The molecule has 0 unspecified atom stereocenters. The largest absolute Gasteiger partial charge is 0.379 e. The first-order chi connectivity index (χ1) is 10.6. The predicted octanol–water partition coefficient (Wildman–Crippen LogP) is -0.835. The average Bonchev–Trinajstić information content (AvgIpc) is 2.54. The summed E-state index contributed by atoms with van der Waals surface area (Å²) in [5.74, 6) is 0.0190. The quantitative estimate of drug-likeness (QED) is 0.668. The minimum atomic E-state index is -0.0460. The minimum Gasteiger partial charge on any atom is -0.379 e. The van der Waals surface area contributed by atoms with E-state index >= 15 is 0 Å². The maximum absolute atomic E-state index is 12.0. The summed E-state index contributed by atoms with van der Waals surface area (Å²) in [5.41, 5.74) is 5.82. The standard InChI is InChI=1S/C15H28N4O3/c16-13-3-6-19(7-4-13)15(21)2-1-14(20)17-5-8-18-9-11-22-12-10-18/h13H,1-12,16H2,(H,17,20). The summed E-state index contributed by atoms with van der Waals surface area (Å²) in [6.07, 6.45) is 2.28. The van der Waals surface area contributed by atoms with Crippen LogP contribution in [0.1, 0.15) is 25.7 Å². The minimum absolute atomic E-state index is 0.0460. The highest BCUT2D eigenvalue weighted by atomic mass is 16.5. The molecule has 2 saturated heterocycles. The van der Waals surface area contributed by atoms with Crippen LogP contribution in [0, 0.1) is 0 Å². The second-order valence-electron chi connectivity index (χ2n) is 6.02. The van der Waals surface area contributed by atoms with Gasteiger partial charge in [0.05, 0.1) is 13.2 Å². The van der Waals surface area contributed by atoms with Gasteiger partial charge in [-0.3, -0.25) is 14.5 Å². The molecule has 0 aromatic heterocycles. The van der Waals surface area contributed by atoms with Gasteiger partial charge in [0, 0.05) is 58.2 Å². The fourth-order valence-corrected chi connectivity index (χ4v) is 2.79. The Bertz CT molecular complexity index is 364. The number of likely N-dealkylation sites (tertiary alicyclic amines) is 1. The lowest BCUT2D eigenvalue weighted by molar-refractivity contribution is -0.134. The Balaban J connectivity index is 1.54. The maximum atomic E-state index is 12.0. The molecule has 2 aliphatic heterocycles. The number of piperidine rings is 1. The number of rotatable bonds is 6. The summed E-state index contributed by atoms with van der Waals surface area (Å²) in [6.45, 7) is 6.29. The molecule has 7 nitrogen and oxygen atoms in total. The molecule has 0 saturated carbocycles. The van der Waals surface area contributed by atoms with Crippen molar-refractivity contribution in [1.29, 1.82) is 0 Å². The van der Waals surface area contributed by atoms with Gasteiger partial charge in [-0.15, -0.1) is 0 Å². The van der Waals surface area contributed by atoms with E-state index in [2.05, 4.69) is 10.2 Å². The van der Waals surface area contributed by atoms with E-state index in [1.165, 1.54) is 0 Å². The van der Waals surface area contributed by atoms with Crippen LogP contribution in [0.3, 0.4) is 0 Å². The van der Waals surface area contributed by atoms with Crippen molar-refractivity contribution in [1.82, 2.24) is 15.1 Å². The first kappa shape index (κ1) is 17.2. The van der Waals surface area contributed by atoms with Crippen LogP contribution in [0.5, 0.6) is 0 Å². The van der Waals surface area contributed by atoms with Crippen LogP contribution in [-0.4, -0.2) is 80.1 Å². The fraction of sp³-hybridized carbons (Fsp3) is 0.867. The summed E-state index contributed by atoms with van der Waals surface area (Å²) in [4.78, 5) is 27.9. The van der Waals surface area contributed by atoms with Gasteiger partial charge in [-0.1, -0.05) is 0 Å². The van der Waals surface area contributed by atoms with E-state index in [1.807, 2.05) is 4.90 Å². The van der Waals surface area contributed by atoms with Crippen molar-refractivity contribution >= 4 is 11.8 Å². The van der Waals surface area contributed by atoms with Crippen molar-refractivity contribution < 1.29 is 14.3 Å². The van der Waals surface area contributed by atoms with Crippen LogP contribution in [0.4, 0.5) is 0 Å². The smallest absolute Gasteiger partial charge is 0.223 e. The highest BCUT2D eigenvalue weighted by Crippen LogP contribution is 2.10. The zero-order valence-electron chi connectivity index (χ0n) is 13.3. The molecular formula is C15H28N4O3. The van der Waals surface area contributed by atoms with Crippen molar-refractivity contribution in [3.05, 3.63) is 0 Å². The molecule has 3 N–H and O–H groups in total. The highest BCUT2D eigenvalue weighted by Gasteiger charge is 2.20. The molecule has 0 aromatic carbocycles. The number of hydrogen-bond donors (Lipinski definition) is 2. The molecule has 0 radical (unpaired) electrons. The van der Waals surface area contributed by atoms with Crippen molar-refractivity contribution in [3.8, 4) is 0 Å². The van der Waals surface area contributed by atoms with E-state index in [4.69, 9.17) is 10.5 Å². The Morgan fingerprint density at radius 1 is 1.09 bits per heavy atom. The molecule has 2 heterocycles. The third-order valence-electron chi connectivity index (χ3n) is 4.31. The van der Waals surface area contributed by atoms with Gasteiger partial charge in [0.25, 0.3) is 0 Å². The summed E-state index contributed by atoms with van der Waals surface area (Å²) < 4.78 is 5.28. The number of hydrogen-bond acceptors (Lipinski definition) is 5. The Kier molecular flexibility index (Phi) is 7.08. The van der Waals surface area contributed by atoms with Gasteiger partial charge in [0.15, 0.2) is 0 Å². The van der Waals surface area contributed by atoms with Gasteiger partial charge in [-0.25, -0.2) is 0 Å². The van der Waals surface area contributed by atoms with Gasteiger partial charge >= 0.3 is 0 Å². The summed E-state index contributed by atoms with van der Waals surface area (Å²) in [6, 6.07) is 0.215. The third-order valence-corrected chi connectivity index (χ3v) is 4.31. The zero-order chi connectivity index (χ0) is 15.8. The van der Waals surface area contributed by atoms with E-state index in [-0.39, 0.29) is 24.3 Å². The molecule has 0 atom stereocenters. The average molecular weight is 312 g/mol. The number of carbonyl (C=O) groups excluding carboxylic acids is 2. The Labute approximate surface area is 132 Å². The number of nitrogens with two attached hydrogens (primary N) is 1. The number of nitrogens with one attached hydrogen (secondary N) is 1. The second kappa shape index (κ2) is 9.07. The van der Waals surface area contributed by atoms with Gasteiger partial charge in [0.1, 0.15) is 0 Å². The van der Waals surface area contributed by atoms with Crippen molar-refractivity contribution in [2.45, 2.75) is 31.7 Å². The maximum Gasteiger partial charge on any atom is 0.223 e. The topological polar surface area (TPSA) is 87.9 Å². The normalized spacial score (nSPS) is 20.9. The van der Waals surface area contributed by atoms with Gasteiger partial charge in [-0.2, -0.15) is 0 Å². The third kappa shape index (κ3) is 5.90. The van der Waals surface area contributed by atoms with Crippen molar-refractivity contribution in [2.75, 3.05) is 52.5 Å². The Hall–Kier alpha value is -1.18. The van der Waals surface area contributed by atoms with Crippen LogP contribution < -0.4 is 11.1 Å². The van der Waals surface area contributed by atoms with Gasteiger partial charge < -0.3 is 20.7 Å². The second-order valence-corrected chi connectivity index (χ2v) is 6.02. The van der Waals surface area contributed by atoms with E-state index in [9.17, 15) is 9.59 Å². The molecule has 0 spiro atoms. The van der Waals surface area contributed by atoms with Crippen LogP contribution in [0.15, 0.2) is 0 Å². The Morgan fingerprint density at radius 3 is 2.45 bits per heavy atom. The highest BCUT2D eigenvalue weighted by molar-refractivity contribution is 5.83. The monoisotopic (exact) mass is 312 g/mol. The van der Waals surface area contributed by atoms with Crippen molar-refractivity contribution in [3.63, 3.8) is 0 Å². The zero-order valence-corrected chi connectivity index (χ0v) is 13.3. The number of amides is 2. The number of carbonyl (C=O) groups is 2. The molecule has 2 fully saturated rings.